The highest BCUT2D eigenvalue weighted by Gasteiger charge is 2.33. The Morgan fingerprint density at radius 1 is 1.09 bits per heavy atom. The van der Waals surface area contributed by atoms with Crippen molar-refractivity contribution in [2.24, 2.45) is 0 Å². The summed E-state index contributed by atoms with van der Waals surface area (Å²) in [5.41, 5.74) is 1.53. The molecule has 0 saturated heterocycles. The van der Waals surface area contributed by atoms with Gasteiger partial charge in [-0.2, -0.15) is 0 Å². The molecule has 0 aliphatic rings. The maximum Gasteiger partial charge on any atom is 0.573 e. The molecule has 0 aliphatic carbocycles. The molecular formula is C23H21ClF4N4O2. The molecule has 34 heavy (non-hydrogen) atoms. The van der Waals surface area contributed by atoms with Crippen molar-refractivity contribution in [3.8, 4) is 5.75 Å². The predicted molar refractivity (Wildman–Crippen MR) is 118 cm³/mol. The number of aromatic nitrogens is 2. The lowest BCUT2D eigenvalue weighted by atomic mass is 9.97. The molecule has 0 unspecified atom stereocenters. The smallest absolute Gasteiger partial charge is 0.403 e. The van der Waals surface area contributed by atoms with Crippen molar-refractivity contribution < 1.29 is 27.1 Å². The number of benzene rings is 2. The molecule has 3 rings (SSSR count). The van der Waals surface area contributed by atoms with Gasteiger partial charge in [0.2, 0.25) is 5.91 Å². The number of likely N-dealkylation sites (N-methyl/N-ethyl adjacent to an activating group) is 1. The normalized spacial score (nSPS) is 13.2. The number of ether oxygens (including phenoxy) is 1. The number of alkyl halides is 3. The van der Waals surface area contributed by atoms with E-state index < -0.39 is 30.0 Å². The molecule has 11 heteroatoms. The highest BCUT2D eigenvalue weighted by Crippen LogP contribution is 2.31. The minimum absolute atomic E-state index is 0.217. The number of halogens is 5. The largest absolute Gasteiger partial charge is 0.573 e. The van der Waals surface area contributed by atoms with E-state index >= 15 is 0 Å². The van der Waals surface area contributed by atoms with E-state index in [0.717, 1.165) is 12.1 Å². The van der Waals surface area contributed by atoms with E-state index in [1.807, 2.05) is 0 Å². The molecule has 1 aromatic heterocycles. The Bertz CT molecular complexity index is 1100. The SMILES string of the molecule is CNC(=O)[C@@H](N[C@H](CCc1cnc(Cl)cn1)c1ccc(F)c(OC(F)(F)F)c1)c1ccccc1. The number of hydrogen-bond donors (Lipinski definition) is 2. The maximum atomic E-state index is 14.0. The lowest BCUT2D eigenvalue weighted by molar-refractivity contribution is -0.275. The van der Waals surface area contributed by atoms with Crippen LogP contribution in [0.2, 0.25) is 5.15 Å². The van der Waals surface area contributed by atoms with Crippen molar-refractivity contribution in [2.45, 2.75) is 31.3 Å². The number of rotatable bonds is 9. The topological polar surface area (TPSA) is 76.1 Å². The molecule has 0 bridgehead atoms. The van der Waals surface area contributed by atoms with Crippen LogP contribution >= 0.6 is 11.6 Å². The zero-order valence-electron chi connectivity index (χ0n) is 17.9. The van der Waals surface area contributed by atoms with E-state index in [2.05, 4.69) is 25.3 Å². The first-order valence-corrected chi connectivity index (χ1v) is 10.6. The summed E-state index contributed by atoms with van der Waals surface area (Å²) in [5.74, 6) is -2.47. The zero-order valence-corrected chi connectivity index (χ0v) is 18.7. The molecule has 2 atom stereocenters. The van der Waals surface area contributed by atoms with E-state index in [4.69, 9.17) is 11.6 Å². The van der Waals surface area contributed by atoms with E-state index in [9.17, 15) is 22.4 Å². The van der Waals surface area contributed by atoms with Crippen LogP contribution in [0, 0.1) is 5.82 Å². The van der Waals surface area contributed by atoms with Gasteiger partial charge >= 0.3 is 6.36 Å². The van der Waals surface area contributed by atoms with Crippen LogP contribution in [0.1, 0.15) is 35.3 Å². The molecular weight excluding hydrogens is 476 g/mol. The van der Waals surface area contributed by atoms with Gasteiger partial charge in [0, 0.05) is 13.1 Å². The van der Waals surface area contributed by atoms with Crippen LogP contribution in [0.15, 0.2) is 60.9 Å². The number of carbonyl (C=O) groups is 1. The minimum atomic E-state index is -5.06. The number of nitrogens with one attached hydrogen (secondary N) is 2. The summed E-state index contributed by atoms with van der Waals surface area (Å²) in [6.45, 7) is 0. The minimum Gasteiger partial charge on any atom is -0.403 e. The molecule has 0 fully saturated rings. The zero-order chi connectivity index (χ0) is 24.7. The molecule has 0 aliphatic heterocycles. The fraction of sp³-hybridized carbons (Fsp3) is 0.261. The Morgan fingerprint density at radius 2 is 1.82 bits per heavy atom. The van der Waals surface area contributed by atoms with Gasteiger partial charge in [-0.3, -0.25) is 15.1 Å². The summed E-state index contributed by atoms with van der Waals surface area (Å²) >= 11 is 5.77. The summed E-state index contributed by atoms with van der Waals surface area (Å²) < 4.78 is 56.1. The van der Waals surface area contributed by atoms with Crippen molar-refractivity contribution >= 4 is 17.5 Å². The Balaban J connectivity index is 1.95. The number of aryl methyl sites for hydroxylation is 1. The van der Waals surface area contributed by atoms with E-state index in [-0.39, 0.29) is 11.1 Å². The van der Waals surface area contributed by atoms with Gasteiger partial charge in [0.05, 0.1) is 18.1 Å². The molecule has 0 spiro atoms. The van der Waals surface area contributed by atoms with Gasteiger partial charge in [0.1, 0.15) is 11.2 Å². The summed E-state index contributed by atoms with van der Waals surface area (Å²) in [5, 5.41) is 5.98. The number of carbonyl (C=O) groups excluding carboxylic acids is 1. The molecule has 6 nitrogen and oxygen atoms in total. The highest BCUT2D eigenvalue weighted by atomic mass is 35.5. The second-order valence-corrected chi connectivity index (χ2v) is 7.67. The summed E-state index contributed by atoms with van der Waals surface area (Å²) in [4.78, 5) is 20.8. The number of nitrogens with zero attached hydrogens (tertiary/aromatic N) is 2. The van der Waals surface area contributed by atoms with Gasteiger partial charge in [0.25, 0.3) is 0 Å². The maximum absolute atomic E-state index is 14.0. The van der Waals surface area contributed by atoms with Gasteiger partial charge in [0.15, 0.2) is 11.6 Å². The molecule has 2 N–H and O–H groups in total. The van der Waals surface area contributed by atoms with Gasteiger partial charge in [-0.1, -0.05) is 48.0 Å². The van der Waals surface area contributed by atoms with Crippen molar-refractivity contribution in [3.05, 3.63) is 88.7 Å². The van der Waals surface area contributed by atoms with Gasteiger partial charge in [-0.05, 0) is 36.1 Å². The van der Waals surface area contributed by atoms with Crippen LogP contribution in [0.4, 0.5) is 17.6 Å². The van der Waals surface area contributed by atoms with Crippen molar-refractivity contribution in [1.29, 1.82) is 0 Å². The number of amides is 1. The van der Waals surface area contributed by atoms with Gasteiger partial charge < -0.3 is 10.1 Å². The van der Waals surface area contributed by atoms with E-state index in [0.29, 0.717) is 29.7 Å². The molecule has 180 valence electrons. The summed E-state index contributed by atoms with van der Waals surface area (Å²) in [6, 6.07) is 10.5. The van der Waals surface area contributed by atoms with Crippen LogP contribution in [-0.4, -0.2) is 29.3 Å². The first-order valence-electron chi connectivity index (χ1n) is 10.2. The third-order valence-electron chi connectivity index (χ3n) is 4.96. The van der Waals surface area contributed by atoms with Crippen LogP contribution in [0.5, 0.6) is 5.75 Å². The van der Waals surface area contributed by atoms with Crippen LogP contribution in [-0.2, 0) is 11.2 Å². The van der Waals surface area contributed by atoms with Crippen LogP contribution in [0.3, 0.4) is 0 Å². The average Bonchev–Trinajstić information content (AvgIpc) is 2.81. The lowest BCUT2D eigenvalue weighted by Gasteiger charge is -2.26. The Labute approximate surface area is 198 Å². The van der Waals surface area contributed by atoms with Crippen molar-refractivity contribution in [1.82, 2.24) is 20.6 Å². The Hall–Kier alpha value is -3.24. The van der Waals surface area contributed by atoms with Crippen molar-refractivity contribution in [2.75, 3.05) is 7.05 Å². The average molecular weight is 497 g/mol. The van der Waals surface area contributed by atoms with E-state index in [1.54, 1.807) is 30.3 Å². The second kappa shape index (κ2) is 11.3. The fourth-order valence-electron chi connectivity index (χ4n) is 3.36. The first kappa shape index (κ1) is 25.4. The van der Waals surface area contributed by atoms with Crippen LogP contribution in [0.25, 0.3) is 0 Å². The third-order valence-corrected chi connectivity index (χ3v) is 5.15. The van der Waals surface area contributed by atoms with Gasteiger partial charge in [-0.25, -0.2) is 9.37 Å². The summed E-state index contributed by atoms with van der Waals surface area (Å²) in [6.07, 6.45) is -1.55. The van der Waals surface area contributed by atoms with E-state index in [1.165, 1.54) is 25.5 Å². The Kier molecular flexibility index (Phi) is 8.41. The molecule has 3 aromatic rings. The fourth-order valence-corrected chi connectivity index (χ4v) is 3.46. The standard InChI is InChI=1S/C23H21ClF4N4O2/c1-29-22(33)21(14-5-3-2-4-6-14)32-18(10-8-16-12-31-20(24)13-30-16)15-7-9-17(25)19(11-15)34-23(26,27)28/h2-7,9,11-13,18,21,32H,8,10H2,1H3,(H,29,33)/t18-,21+/m1/s1. The molecule has 0 saturated carbocycles. The molecule has 1 heterocycles. The van der Waals surface area contributed by atoms with Gasteiger partial charge in [-0.15, -0.1) is 13.2 Å². The quantitative estimate of drug-likeness (QED) is 0.411. The molecule has 1 amide bonds. The predicted octanol–water partition coefficient (Wildman–Crippen LogP) is 4.92. The third kappa shape index (κ3) is 7.13. The van der Waals surface area contributed by atoms with Crippen molar-refractivity contribution in [3.63, 3.8) is 0 Å². The first-order chi connectivity index (χ1) is 16.2. The molecule has 2 aromatic carbocycles. The van der Waals surface area contributed by atoms with Crippen LogP contribution < -0.4 is 15.4 Å². The summed E-state index contributed by atoms with van der Waals surface area (Å²) in [7, 11) is 1.48. The second-order valence-electron chi connectivity index (χ2n) is 7.28. The number of hydrogen-bond acceptors (Lipinski definition) is 5. The highest BCUT2D eigenvalue weighted by molar-refractivity contribution is 6.29. The monoisotopic (exact) mass is 496 g/mol. The Morgan fingerprint density at radius 3 is 2.44 bits per heavy atom. The lowest BCUT2D eigenvalue weighted by Crippen LogP contribution is -2.38. The molecule has 0 radical (unpaired) electrons.